The van der Waals surface area contributed by atoms with Crippen molar-refractivity contribution in [3.8, 4) is 0 Å². The SMILES string of the molecule is CN=C(NCc1cccc(CN2CCCC2=O)c1)NC1CCN(CCCOC)CC1. The maximum atomic E-state index is 11.9. The van der Waals surface area contributed by atoms with Gasteiger partial charge in [0, 0.05) is 72.5 Å². The van der Waals surface area contributed by atoms with E-state index in [1.807, 2.05) is 11.9 Å². The number of nitrogens with zero attached hydrogens (tertiary/aromatic N) is 3. The summed E-state index contributed by atoms with van der Waals surface area (Å²) in [5.41, 5.74) is 2.39. The molecule has 2 aliphatic heterocycles. The number of hydrogen-bond donors (Lipinski definition) is 2. The van der Waals surface area contributed by atoms with Crippen molar-refractivity contribution < 1.29 is 9.53 Å². The van der Waals surface area contributed by atoms with Crippen LogP contribution in [0.3, 0.4) is 0 Å². The minimum atomic E-state index is 0.271. The van der Waals surface area contributed by atoms with Crippen LogP contribution in [0.4, 0.5) is 0 Å². The third-order valence-electron chi connectivity index (χ3n) is 5.97. The van der Waals surface area contributed by atoms with E-state index in [2.05, 4.69) is 44.8 Å². The molecule has 2 saturated heterocycles. The number of hydrogen-bond acceptors (Lipinski definition) is 4. The van der Waals surface area contributed by atoms with Crippen molar-refractivity contribution in [3.05, 3.63) is 35.4 Å². The second-order valence-corrected chi connectivity index (χ2v) is 8.27. The van der Waals surface area contributed by atoms with Crippen molar-refractivity contribution in [2.75, 3.05) is 46.9 Å². The zero-order valence-electron chi connectivity index (χ0n) is 18.5. The van der Waals surface area contributed by atoms with E-state index >= 15 is 0 Å². The van der Waals surface area contributed by atoms with Crippen LogP contribution in [-0.4, -0.2) is 74.7 Å². The molecule has 0 radical (unpaired) electrons. The first-order valence-electron chi connectivity index (χ1n) is 11.2. The number of amides is 1. The Kier molecular flexibility index (Phi) is 8.96. The number of nitrogens with one attached hydrogen (secondary N) is 2. The molecule has 0 aliphatic carbocycles. The number of methoxy groups -OCH3 is 1. The van der Waals surface area contributed by atoms with Gasteiger partial charge in [-0.1, -0.05) is 24.3 Å². The smallest absolute Gasteiger partial charge is 0.222 e. The summed E-state index contributed by atoms with van der Waals surface area (Å²) in [7, 11) is 3.59. The van der Waals surface area contributed by atoms with Crippen molar-refractivity contribution in [2.24, 2.45) is 4.99 Å². The van der Waals surface area contributed by atoms with Gasteiger partial charge in [0.25, 0.3) is 0 Å². The quantitative estimate of drug-likeness (QED) is 0.367. The molecule has 7 nitrogen and oxygen atoms in total. The Labute approximate surface area is 180 Å². The number of rotatable bonds is 9. The van der Waals surface area contributed by atoms with Crippen molar-refractivity contribution in [1.29, 1.82) is 0 Å². The van der Waals surface area contributed by atoms with Gasteiger partial charge in [0.1, 0.15) is 0 Å². The molecule has 0 aromatic heterocycles. The summed E-state index contributed by atoms with van der Waals surface area (Å²) in [5, 5.41) is 7.02. The maximum absolute atomic E-state index is 11.9. The normalized spacial score (nSPS) is 18.8. The van der Waals surface area contributed by atoms with Gasteiger partial charge in [-0.05, 0) is 36.8 Å². The first-order chi connectivity index (χ1) is 14.7. The summed E-state index contributed by atoms with van der Waals surface area (Å²) in [6.07, 6.45) is 5.03. The van der Waals surface area contributed by atoms with Crippen molar-refractivity contribution in [2.45, 2.75) is 51.2 Å². The van der Waals surface area contributed by atoms with E-state index < -0.39 is 0 Å². The monoisotopic (exact) mass is 415 g/mol. The molecule has 1 amide bonds. The summed E-state index contributed by atoms with van der Waals surface area (Å²) < 4.78 is 5.15. The van der Waals surface area contributed by atoms with Crippen LogP contribution in [0, 0.1) is 0 Å². The van der Waals surface area contributed by atoms with Gasteiger partial charge in [0.15, 0.2) is 5.96 Å². The molecule has 166 valence electrons. The third-order valence-corrected chi connectivity index (χ3v) is 5.97. The summed E-state index contributed by atoms with van der Waals surface area (Å²) in [6, 6.07) is 8.94. The van der Waals surface area contributed by atoms with E-state index in [-0.39, 0.29) is 5.91 Å². The van der Waals surface area contributed by atoms with Gasteiger partial charge in [-0.25, -0.2) is 0 Å². The van der Waals surface area contributed by atoms with Gasteiger partial charge in [-0.2, -0.15) is 0 Å². The lowest BCUT2D eigenvalue weighted by atomic mass is 10.1. The first-order valence-corrected chi connectivity index (χ1v) is 11.2. The number of piperidine rings is 1. The van der Waals surface area contributed by atoms with Crippen LogP contribution in [0.15, 0.2) is 29.3 Å². The molecule has 1 aromatic rings. The standard InChI is InChI=1S/C23H37N5O2/c1-24-23(26-21-9-13-27(14-10-21)11-5-15-30-2)25-17-19-6-3-7-20(16-19)18-28-12-4-8-22(28)29/h3,6-7,16,21H,4-5,8-15,17-18H2,1-2H3,(H2,24,25,26). The molecule has 2 heterocycles. The molecular weight excluding hydrogens is 378 g/mol. The van der Waals surface area contributed by atoms with E-state index in [4.69, 9.17) is 4.74 Å². The second-order valence-electron chi connectivity index (χ2n) is 8.27. The highest BCUT2D eigenvalue weighted by molar-refractivity contribution is 5.80. The lowest BCUT2D eigenvalue weighted by Crippen LogP contribution is -2.48. The van der Waals surface area contributed by atoms with E-state index in [0.29, 0.717) is 19.0 Å². The molecule has 0 saturated carbocycles. The maximum Gasteiger partial charge on any atom is 0.222 e. The van der Waals surface area contributed by atoms with Gasteiger partial charge in [0.2, 0.25) is 5.91 Å². The number of aliphatic imine (C=N–C) groups is 1. The van der Waals surface area contributed by atoms with Crippen LogP contribution in [0.1, 0.15) is 43.2 Å². The van der Waals surface area contributed by atoms with Crippen LogP contribution in [-0.2, 0) is 22.6 Å². The molecular formula is C23H37N5O2. The number of ether oxygens (including phenoxy) is 1. The first kappa shape index (κ1) is 22.6. The fourth-order valence-corrected chi connectivity index (χ4v) is 4.24. The average Bonchev–Trinajstić information content (AvgIpc) is 3.17. The highest BCUT2D eigenvalue weighted by Gasteiger charge is 2.21. The third kappa shape index (κ3) is 6.99. The zero-order chi connectivity index (χ0) is 21.2. The molecule has 1 aromatic carbocycles. The Balaban J connectivity index is 1.41. The Hall–Kier alpha value is -2.12. The van der Waals surface area contributed by atoms with E-state index in [0.717, 1.165) is 71.0 Å². The van der Waals surface area contributed by atoms with Gasteiger partial charge in [-0.3, -0.25) is 9.79 Å². The van der Waals surface area contributed by atoms with Crippen molar-refractivity contribution >= 4 is 11.9 Å². The largest absolute Gasteiger partial charge is 0.385 e. The number of carbonyl (C=O) groups excluding carboxylic acids is 1. The van der Waals surface area contributed by atoms with Crippen LogP contribution >= 0.6 is 0 Å². The molecule has 0 unspecified atom stereocenters. The Morgan fingerprint density at radius 1 is 1.23 bits per heavy atom. The number of benzene rings is 1. The fourth-order valence-electron chi connectivity index (χ4n) is 4.24. The van der Waals surface area contributed by atoms with Crippen LogP contribution < -0.4 is 10.6 Å². The lowest BCUT2D eigenvalue weighted by Gasteiger charge is -2.33. The molecule has 7 heteroatoms. The van der Waals surface area contributed by atoms with Gasteiger partial charge in [0.05, 0.1) is 0 Å². The molecule has 0 bridgehead atoms. The van der Waals surface area contributed by atoms with E-state index in [1.165, 1.54) is 11.1 Å². The number of carbonyl (C=O) groups is 1. The topological polar surface area (TPSA) is 69.2 Å². The highest BCUT2D eigenvalue weighted by atomic mass is 16.5. The van der Waals surface area contributed by atoms with Crippen LogP contribution in [0.2, 0.25) is 0 Å². The average molecular weight is 416 g/mol. The molecule has 30 heavy (non-hydrogen) atoms. The molecule has 2 N–H and O–H groups in total. The fraction of sp³-hybridized carbons (Fsp3) is 0.652. The minimum absolute atomic E-state index is 0.271. The summed E-state index contributed by atoms with van der Waals surface area (Å²) in [6.45, 7) is 6.51. The van der Waals surface area contributed by atoms with E-state index in [9.17, 15) is 4.79 Å². The predicted molar refractivity (Wildman–Crippen MR) is 120 cm³/mol. The summed E-state index contributed by atoms with van der Waals surface area (Å²) in [4.78, 5) is 20.7. The second kappa shape index (κ2) is 11.9. The van der Waals surface area contributed by atoms with Crippen molar-refractivity contribution in [1.82, 2.24) is 20.4 Å². The zero-order valence-corrected chi connectivity index (χ0v) is 18.5. The summed E-state index contributed by atoms with van der Waals surface area (Å²) >= 11 is 0. The van der Waals surface area contributed by atoms with Gasteiger partial charge >= 0.3 is 0 Å². The molecule has 2 fully saturated rings. The number of guanidine groups is 1. The number of likely N-dealkylation sites (tertiary alicyclic amines) is 2. The van der Waals surface area contributed by atoms with E-state index in [1.54, 1.807) is 7.11 Å². The Morgan fingerprint density at radius 2 is 2.03 bits per heavy atom. The Bertz CT molecular complexity index is 701. The van der Waals surface area contributed by atoms with Crippen molar-refractivity contribution in [3.63, 3.8) is 0 Å². The minimum Gasteiger partial charge on any atom is -0.385 e. The molecule has 2 aliphatic rings. The molecule has 0 spiro atoms. The lowest BCUT2D eigenvalue weighted by molar-refractivity contribution is -0.128. The predicted octanol–water partition coefficient (Wildman–Crippen LogP) is 1.97. The molecule has 3 rings (SSSR count). The van der Waals surface area contributed by atoms with Gasteiger partial charge < -0.3 is 25.2 Å². The highest BCUT2D eigenvalue weighted by Crippen LogP contribution is 2.15. The van der Waals surface area contributed by atoms with Gasteiger partial charge in [-0.15, -0.1) is 0 Å². The van der Waals surface area contributed by atoms with Crippen LogP contribution in [0.25, 0.3) is 0 Å². The molecule has 0 atom stereocenters. The van der Waals surface area contributed by atoms with Crippen LogP contribution in [0.5, 0.6) is 0 Å². The Morgan fingerprint density at radius 3 is 2.73 bits per heavy atom. The summed E-state index contributed by atoms with van der Waals surface area (Å²) in [5.74, 6) is 1.13.